The highest BCUT2D eigenvalue weighted by Crippen LogP contribution is 2.36. The summed E-state index contributed by atoms with van der Waals surface area (Å²) in [4.78, 5) is 38.7. The molecule has 1 heterocycles. The quantitative estimate of drug-likeness (QED) is 0.245. The Balaban J connectivity index is 1.57. The average Bonchev–Trinajstić information content (AvgIpc) is 3.04. The largest absolute Gasteiger partial charge is 0.329 e. The van der Waals surface area contributed by atoms with Crippen molar-refractivity contribution in [2.24, 2.45) is 0 Å². The predicted molar refractivity (Wildman–Crippen MR) is 122 cm³/mol. The van der Waals surface area contributed by atoms with Crippen molar-refractivity contribution in [3.8, 4) is 0 Å². The Morgan fingerprint density at radius 1 is 1.03 bits per heavy atom. The third kappa shape index (κ3) is 4.70. The summed E-state index contributed by atoms with van der Waals surface area (Å²) in [5.41, 5.74) is 2.40. The zero-order valence-electron chi connectivity index (χ0n) is 17.1. The molecule has 3 aromatic rings. The van der Waals surface area contributed by atoms with E-state index in [2.05, 4.69) is 5.32 Å². The van der Waals surface area contributed by atoms with E-state index < -0.39 is 16.9 Å². The van der Waals surface area contributed by atoms with Gasteiger partial charge in [0.2, 0.25) is 0 Å². The molecule has 0 aliphatic carbocycles. The molecule has 160 valence electrons. The minimum absolute atomic E-state index is 0.0668. The molecule has 3 aromatic carbocycles. The second kappa shape index (κ2) is 9.07. The Kier molecular flexibility index (Phi) is 6.04. The van der Waals surface area contributed by atoms with Crippen LogP contribution in [0.3, 0.4) is 0 Å². The fourth-order valence-electron chi connectivity index (χ4n) is 3.23. The van der Waals surface area contributed by atoms with E-state index in [1.807, 2.05) is 61.5 Å². The number of benzene rings is 3. The first kappa shape index (κ1) is 21.3. The van der Waals surface area contributed by atoms with Crippen LogP contribution < -0.4 is 5.32 Å². The first-order valence-corrected chi connectivity index (χ1v) is 10.6. The topological polar surface area (TPSA) is 92.6 Å². The zero-order chi connectivity index (χ0) is 22.7. The molecule has 4 rings (SSSR count). The van der Waals surface area contributed by atoms with Gasteiger partial charge in [0.1, 0.15) is 5.70 Å². The molecule has 8 heteroatoms. The van der Waals surface area contributed by atoms with Crippen LogP contribution in [-0.4, -0.2) is 21.8 Å². The van der Waals surface area contributed by atoms with Gasteiger partial charge >= 0.3 is 6.03 Å². The predicted octanol–water partition coefficient (Wildman–Crippen LogP) is 5.15. The van der Waals surface area contributed by atoms with Gasteiger partial charge in [0.05, 0.1) is 16.4 Å². The normalized spacial score (nSPS) is 14.7. The average molecular weight is 446 g/mol. The van der Waals surface area contributed by atoms with Gasteiger partial charge in [0.15, 0.2) is 0 Å². The first-order chi connectivity index (χ1) is 15.4. The van der Waals surface area contributed by atoms with E-state index in [0.29, 0.717) is 10.5 Å². The van der Waals surface area contributed by atoms with Crippen molar-refractivity contribution in [3.63, 3.8) is 0 Å². The lowest BCUT2D eigenvalue weighted by Gasteiger charge is -2.11. The summed E-state index contributed by atoms with van der Waals surface area (Å²) in [7, 11) is 0. The summed E-state index contributed by atoms with van der Waals surface area (Å²) in [5, 5.41) is 14.2. The maximum Gasteiger partial charge on any atom is 0.329 e. The third-order valence-electron chi connectivity index (χ3n) is 4.89. The molecule has 0 aromatic heterocycles. The molecule has 0 spiro atoms. The number of urea groups is 1. The number of nitrogens with one attached hydrogen (secondary N) is 1. The van der Waals surface area contributed by atoms with E-state index in [0.717, 1.165) is 20.9 Å². The number of carbonyl (C=O) groups excluding carboxylic acids is 2. The van der Waals surface area contributed by atoms with Gasteiger partial charge in [-0.1, -0.05) is 65.9 Å². The number of hydrogen-bond donors (Lipinski definition) is 1. The van der Waals surface area contributed by atoms with Crippen LogP contribution in [0.1, 0.15) is 16.7 Å². The van der Waals surface area contributed by atoms with Crippen LogP contribution in [0.15, 0.2) is 88.3 Å². The van der Waals surface area contributed by atoms with Crippen molar-refractivity contribution in [2.45, 2.75) is 23.3 Å². The van der Waals surface area contributed by atoms with Gasteiger partial charge in [-0.05, 0) is 42.3 Å². The Hall–Kier alpha value is -3.91. The highest BCUT2D eigenvalue weighted by Gasteiger charge is 2.33. The number of aryl methyl sites for hydroxylation is 1. The van der Waals surface area contributed by atoms with Gasteiger partial charge in [-0.2, -0.15) is 0 Å². The second-order valence-corrected chi connectivity index (χ2v) is 8.38. The number of nitro benzene ring substituents is 1. The summed E-state index contributed by atoms with van der Waals surface area (Å²) >= 11 is 1.30. The Labute approximate surface area is 188 Å². The van der Waals surface area contributed by atoms with E-state index in [9.17, 15) is 19.7 Å². The van der Waals surface area contributed by atoms with Crippen LogP contribution in [0.5, 0.6) is 0 Å². The Morgan fingerprint density at radius 2 is 1.75 bits per heavy atom. The second-order valence-electron chi connectivity index (χ2n) is 7.26. The Bertz CT molecular complexity index is 1220. The van der Waals surface area contributed by atoms with E-state index in [4.69, 9.17) is 0 Å². The van der Waals surface area contributed by atoms with E-state index in [1.54, 1.807) is 12.1 Å². The molecule has 1 aliphatic heterocycles. The van der Waals surface area contributed by atoms with Crippen molar-refractivity contribution in [3.05, 3.63) is 105 Å². The maximum absolute atomic E-state index is 12.7. The van der Waals surface area contributed by atoms with Crippen molar-refractivity contribution in [1.82, 2.24) is 10.2 Å². The molecule has 1 aliphatic rings. The molecule has 3 amide bonds. The number of carbonyl (C=O) groups is 2. The smallest absolute Gasteiger partial charge is 0.303 e. The number of nitro groups is 1. The molecular weight excluding hydrogens is 426 g/mol. The number of nitrogens with zero attached hydrogens (tertiary/aromatic N) is 2. The van der Waals surface area contributed by atoms with E-state index in [-0.39, 0.29) is 17.9 Å². The third-order valence-corrected chi connectivity index (χ3v) is 5.96. The molecule has 1 saturated heterocycles. The highest BCUT2D eigenvalue weighted by atomic mass is 32.2. The number of amides is 3. The monoisotopic (exact) mass is 445 g/mol. The molecule has 0 unspecified atom stereocenters. The van der Waals surface area contributed by atoms with Gasteiger partial charge in [0, 0.05) is 11.0 Å². The van der Waals surface area contributed by atoms with E-state index >= 15 is 0 Å². The molecule has 32 heavy (non-hydrogen) atoms. The molecular formula is C24H19N3O4S. The van der Waals surface area contributed by atoms with Crippen LogP contribution in [0.4, 0.5) is 10.5 Å². The van der Waals surface area contributed by atoms with Crippen molar-refractivity contribution >= 4 is 35.5 Å². The van der Waals surface area contributed by atoms with Crippen LogP contribution in [0.25, 0.3) is 6.08 Å². The summed E-state index contributed by atoms with van der Waals surface area (Å²) in [5.74, 6) is -0.473. The fraction of sp³-hybridized carbons (Fsp3) is 0.0833. The first-order valence-electron chi connectivity index (χ1n) is 9.82. The standard InChI is InChI=1S/C24H19N3O4S/c1-16-7-10-19(11-8-16)32-22-12-9-18(14-21(22)27(30)31)13-20-23(28)26(24(29)25-20)15-17-5-3-2-4-6-17/h2-14H,15H2,1H3,(H,25,29)/b20-13-. The summed E-state index contributed by atoms with van der Waals surface area (Å²) in [6.07, 6.45) is 1.46. The summed E-state index contributed by atoms with van der Waals surface area (Å²) < 4.78 is 0. The van der Waals surface area contributed by atoms with Gasteiger partial charge in [-0.15, -0.1) is 0 Å². The zero-order valence-corrected chi connectivity index (χ0v) is 18.0. The minimum Gasteiger partial charge on any atom is -0.303 e. The number of imide groups is 1. The van der Waals surface area contributed by atoms with Crippen LogP contribution in [0, 0.1) is 17.0 Å². The van der Waals surface area contributed by atoms with Crippen molar-refractivity contribution in [1.29, 1.82) is 0 Å². The van der Waals surface area contributed by atoms with Gasteiger partial charge < -0.3 is 5.32 Å². The number of hydrogen-bond acceptors (Lipinski definition) is 5. The minimum atomic E-state index is -0.522. The van der Waals surface area contributed by atoms with Gasteiger partial charge in [-0.3, -0.25) is 19.8 Å². The molecule has 1 fully saturated rings. The molecule has 0 saturated carbocycles. The molecule has 1 N–H and O–H groups in total. The molecule has 0 radical (unpaired) electrons. The van der Waals surface area contributed by atoms with Crippen molar-refractivity contribution < 1.29 is 14.5 Å². The SMILES string of the molecule is Cc1ccc(Sc2ccc(/C=C3\NC(=O)N(Cc4ccccc4)C3=O)cc2[N+](=O)[O-])cc1. The number of rotatable bonds is 6. The van der Waals surface area contributed by atoms with E-state index in [1.165, 1.54) is 23.9 Å². The van der Waals surface area contributed by atoms with Crippen LogP contribution in [0.2, 0.25) is 0 Å². The summed E-state index contributed by atoms with van der Waals surface area (Å²) in [6.45, 7) is 2.12. The van der Waals surface area contributed by atoms with Crippen molar-refractivity contribution in [2.75, 3.05) is 0 Å². The summed E-state index contributed by atoms with van der Waals surface area (Å²) in [6, 6.07) is 21.1. The molecule has 0 atom stereocenters. The molecule has 0 bridgehead atoms. The lowest BCUT2D eigenvalue weighted by Crippen LogP contribution is -2.30. The lowest BCUT2D eigenvalue weighted by molar-refractivity contribution is -0.387. The maximum atomic E-state index is 12.7. The van der Waals surface area contributed by atoms with Gasteiger partial charge in [0.25, 0.3) is 11.6 Å². The highest BCUT2D eigenvalue weighted by molar-refractivity contribution is 7.99. The van der Waals surface area contributed by atoms with Gasteiger partial charge in [-0.25, -0.2) is 4.79 Å². The lowest BCUT2D eigenvalue weighted by atomic mass is 10.1. The van der Waals surface area contributed by atoms with Crippen LogP contribution in [-0.2, 0) is 11.3 Å². The Morgan fingerprint density at radius 3 is 2.44 bits per heavy atom. The molecule has 7 nitrogen and oxygen atoms in total. The van der Waals surface area contributed by atoms with Crippen LogP contribution >= 0.6 is 11.8 Å². The fourth-order valence-corrected chi connectivity index (χ4v) is 4.13.